The second kappa shape index (κ2) is 10.2. The first-order valence-corrected chi connectivity index (χ1v) is 10.9. The van der Waals surface area contributed by atoms with Crippen molar-refractivity contribution in [2.45, 2.75) is 19.8 Å². The molecular formula is C23H26ClFN4O2. The van der Waals surface area contributed by atoms with Gasteiger partial charge in [-0.05, 0) is 48.7 Å². The molecule has 1 fully saturated rings. The highest BCUT2D eigenvalue weighted by atomic mass is 35.5. The summed E-state index contributed by atoms with van der Waals surface area (Å²) in [6, 6.07) is 8.51. The van der Waals surface area contributed by atoms with E-state index in [0.29, 0.717) is 18.1 Å². The predicted octanol–water partition coefficient (Wildman–Crippen LogP) is 4.83. The molecule has 6 nitrogen and oxygen atoms in total. The van der Waals surface area contributed by atoms with E-state index < -0.39 is 5.82 Å². The maximum absolute atomic E-state index is 13.5. The molecule has 0 aliphatic carbocycles. The summed E-state index contributed by atoms with van der Waals surface area (Å²) in [6.07, 6.45) is 3.30. The summed E-state index contributed by atoms with van der Waals surface area (Å²) in [6.45, 7) is 7.31. The third kappa shape index (κ3) is 5.42. The van der Waals surface area contributed by atoms with Gasteiger partial charge in [-0.15, -0.1) is 0 Å². The second-order valence-corrected chi connectivity index (χ2v) is 7.87. The van der Waals surface area contributed by atoms with Crippen LogP contribution in [0.4, 0.5) is 15.9 Å². The first-order chi connectivity index (χ1) is 15.1. The molecular weight excluding hydrogens is 419 g/mol. The van der Waals surface area contributed by atoms with E-state index in [1.54, 1.807) is 6.07 Å². The number of halogens is 2. The first kappa shape index (κ1) is 21.7. The van der Waals surface area contributed by atoms with Crippen LogP contribution in [0.3, 0.4) is 0 Å². The summed E-state index contributed by atoms with van der Waals surface area (Å²) in [5.41, 5.74) is 2.58. The maximum Gasteiger partial charge on any atom is 0.141 e. The highest BCUT2D eigenvalue weighted by Crippen LogP contribution is 2.31. The Kier molecular flexibility index (Phi) is 7.17. The van der Waals surface area contributed by atoms with Crippen LogP contribution in [0, 0.1) is 5.82 Å². The third-order valence-electron chi connectivity index (χ3n) is 5.36. The van der Waals surface area contributed by atoms with Crippen molar-refractivity contribution in [1.29, 1.82) is 0 Å². The van der Waals surface area contributed by atoms with Crippen LogP contribution in [0.25, 0.3) is 10.9 Å². The van der Waals surface area contributed by atoms with Crippen molar-refractivity contribution in [1.82, 2.24) is 14.9 Å². The highest BCUT2D eigenvalue weighted by molar-refractivity contribution is 6.31. The number of rotatable bonds is 8. The Morgan fingerprint density at radius 3 is 2.81 bits per heavy atom. The Morgan fingerprint density at radius 1 is 1.19 bits per heavy atom. The van der Waals surface area contributed by atoms with Crippen molar-refractivity contribution in [3.8, 4) is 5.75 Å². The van der Waals surface area contributed by atoms with Gasteiger partial charge >= 0.3 is 0 Å². The molecule has 31 heavy (non-hydrogen) atoms. The van der Waals surface area contributed by atoms with Crippen LogP contribution in [0.1, 0.15) is 18.9 Å². The molecule has 8 heteroatoms. The summed E-state index contributed by atoms with van der Waals surface area (Å²) in [7, 11) is 0. The molecule has 1 aromatic heterocycles. The van der Waals surface area contributed by atoms with Crippen LogP contribution in [-0.2, 0) is 11.2 Å². The molecule has 0 radical (unpaired) electrons. The Hall–Kier alpha value is -2.48. The average Bonchev–Trinajstić information content (AvgIpc) is 2.79. The topological polar surface area (TPSA) is 59.5 Å². The maximum atomic E-state index is 13.5. The molecule has 0 bridgehead atoms. The molecule has 2 heterocycles. The first-order valence-electron chi connectivity index (χ1n) is 10.6. The summed E-state index contributed by atoms with van der Waals surface area (Å²) in [4.78, 5) is 11.2. The van der Waals surface area contributed by atoms with Crippen LogP contribution in [-0.4, -0.2) is 54.3 Å². The SMILES string of the molecule is CCc1cc2ncnc(Nc3ccc(F)c(Cl)c3)c2cc1OCCCN1CCOCC1. The highest BCUT2D eigenvalue weighted by Gasteiger charge is 2.13. The summed E-state index contributed by atoms with van der Waals surface area (Å²) >= 11 is 5.91. The lowest BCUT2D eigenvalue weighted by Crippen LogP contribution is -2.37. The van der Waals surface area contributed by atoms with Gasteiger partial charge in [-0.25, -0.2) is 14.4 Å². The fraction of sp³-hybridized carbons (Fsp3) is 0.391. The van der Waals surface area contributed by atoms with E-state index in [1.165, 1.54) is 18.5 Å². The quantitative estimate of drug-likeness (QED) is 0.502. The lowest BCUT2D eigenvalue weighted by molar-refractivity contribution is 0.0358. The lowest BCUT2D eigenvalue weighted by atomic mass is 10.1. The van der Waals surface area contributed by atoms with Crippen molar-refractivity contribution in [3.63, 3.8) is 0 Å². The number of aromatic nitrogens is 2. The molecule has 0 spiro atoms. The minimum atomic E-state index is -0.458. The molecule has 1 aliphatic heterocycles. The van der Waals surface area contributed by atoms with Crippen molar-refractivity contribution in [2.75, 3.05) is 44.8 Å². The minimum absolute atomic E-state index is 0.0564. The van der Waals surface area contributed by atoms with Gasteiger partial charge in [0.05, 0.1) is 30.4 Å². The van der Waals surface area contributed by atoms with Crippen molar-refractivity contribution >= 4 is 34.0 Å². The smallest absolute Gasteiger partial charge is 0.141 e. The monoisotopic (exact) mass is 444 g/mol. The number of nitrogens with one attached hydrogen (secondary N) is 1. The van der Waals surface area contributed by atoms with E-state index in [0.717, 1.165) is 67.9 Å². The van der Waals surface area contributed by atoms with Gasteiger partial charge in [0.2, 0.25) is 0 Å². The van der Waals surface area contributed by atoms with Crippen molar-refractivity contribution in [2.24, 2.45) is 0 Å². The average molecular weight is 445 g/mol. The van der Waals surface area contributed by atoms with E-state index in [-0.39, 0.29) is 5.02 Å². The van der Waals surface area contributed by atoms with Crippen LogP contribution in [0.5, 0.6) is 5.75 Å². The van der Waals surface area contributed by atoms with Gasteiger partial charge in [-0.1, -0.05) is 18.5 Å². The molecule has 4 rings (SSSR count). The molecule has 1 saturated heterocycles. The van der Waals surface area contributed by atoms with Crippen LogP contribution in [0.15, 0.2) is 36.7 Å². The number of nitrogens with zero attached hydrogens (tertiary/aromatic N) is 3. The zero-order valence-electron chi connectivity index (χ0n) is 17.5. The van der Waals surface area contributed by atoms with E-state index >= 15 is 0 Å². The Morgan fingerprint density at radius 2 is 2.03 bits per heavy atom. The molecule has 3 aromatic rings. The van der Waals surface area contributed by atoms with Gasteiger partial charge in [0.1, 0.15) is 23.7 Å². The van der Waals surface area contributed by atoms with E-state index in [2.05, 4.69) is 27.1 Å². The van der Waals surface area contributed by atoms with Crippen LogP contribution in [0.2, 0.25) is 5.02 Å². The predicted molar refractivity (Wildman–Crippen MR) is 121 cm³/mol. The molecule has 0 atom stereocenters. The molecule has 0 unspecified atom stereocenters. The summed E-state index contributed by atoms with van der Waals surface area (Å²) < 4.78 is 25.0. The fourth-order valence-corrected chi connectivity index (χ4v) is 3.82. The van der Waals surface area contributed by atoms with Crippen molar-refractivity contribution in [3.05, 3.63) is 53.1 Å². The molecule has 0 saturated carbocycles. The van der Waals surface area contributed by atoms with Gasteiger partial charge in [0, 0.05) is 30.7 Å². The molecule has 1 aliphatic rings. The van der Waals surface area contributed by atoms with Gasteiger partial charge in [-0.3, -0.25) is 4.90 Å². The molecule has 1 N–H and O–H groups in total. The van der Waals surface area contributed by atoms with Crippen molar-refractivity contribution < 1.29 is 13.9 Å². The number of aryl methyl sites for hydroxylation is 1. The van der Waals surface area contributed by atoms with Gasteiger partial charge in [0.25, 0.3) is 0 Å². The Balaban J connectivity index is 1.51. The van der Waals surface area contributed by atoms with E-state index in [4.69, 9.17) is 21.1 Å². The van der Waals surface area contributed by atoms with E-state index in [9.17, 15) is 4.39 Å². The van der Waals surface area contributed by atoms with Gasteiger partial charge in [0.15, 0.2) is 0 Å². The van der Waals surface area contributed by atoms with Crippen LogP contribution < -0.4 is 10.1 Å². The number of ether oxygens (including phenoxy) is 2. The molecule has 2 aromatic carbocycles. The largest absolute Gasteiger partial charge is 0.493 e. The Bertz CT molecular complexity index is 1040. The minimum Gasteiger partial charge on any atom is -0.493 e. The normalized spacial score (nSPS) is 14.7. The van der Waals surface area contributed by atoms with Gasteiger partial charge in [-0.2, -0.15) is 0 Å². The number of morpholine rings is 1. The zero-order valence-corrected chi connectivity index (χ0v) is 18.3. The zero-order chi connectivity index (χ0) is 21.6. The summed E-state index contributed by atoms with van der Waals surface area (Å²) in [5, 5.41) is 4.11. The fourth-order valence-electron chi connectivity index (χ4n) is 3.64. The summed E-state index contributed by atoms with van der Waals surface area (Å²) in [5.74, 6) is 1.00. The lowest BCUT2D eigenvalue weighted by Gasteiger charge is -2.26. The van der Waals surface area contributed by atoms with E-state index in [1.807, 2.05) is 12.1 Å². The molecule has 0 amide bonds. The van der Waals surface area contributed by atoms with Crippen LogP contribution >= 0.6 is 11.6 Å². The molecule has 164 valence electrons. The number of anilines is 2. The number of hydrogen-bond donors (Lipinski definition) is 1. The number of fused-ring (bicyclic) bond motifs is 1. The third-order valence-corrected chi connectivity index (χ3v) is 5.65. The van der Waals surface area contributed by atoms with Gasteiger partial charge < -0.3 is 14.8 Å². The standard InChI is InChI=1S/C23H26ClFN4O2/c1-2-16-12-21-18(14-22(16)31-9-3-6-29-7-10-30-11-8-29)23(27-15-26-21)28-17-4-5-20(25)19(24)13-17/h4-5,12-15H,2-3,6-11H2,1H3,(H,26,27,28). The Labute approximate surface area is 186 Å². The number of hydrogen-bond acceptors (Lipinski definition) is 6. The second-order valence-electron chi connectivity index (χ2n) is 7.46. The number of benzene rings is 2.